The Labute approximate surface area is 206 Å². The number of fused-ring (bicyclic) bond motifs is 1. The van der Waals surface area contributed by atoms with E-state index in [9.17, 15) is 14.4 Å². The van der Waals surface area contributed by atoms with E-state index in [0.29, 0.717) is 27.8 Å². The molecule has 0 radical (unpaired) electrons. The molecule has 178 valence electrons. The summed E-state index contributed by atoms with van der Waals surface area (Å²) in [5.74, 6) is -0.248. The van der Waals surface area contributed by atoms with Crippen LogP contribution in [0.1, 0.15) is 53.1 Å². The van der Waals surface area contributed by atoms with Crippen molar-refractivity contribution in [1.29, 1.82) is 0 Å². The lowest BCUT2D eigenvalue weighted by molar-refractivity contribution is 0.101. The number of rotatable bonds is 6. The fourth-order valence-electron chi connectivity index (χ4n) is 3.70. The van der Waals surface area contributed by atoms with Crippen LogP contribution < -0.4 is 16.4 Å². The molecular formula is C25H23ClN6O3. The molecule has 0 aliphatic carbocycles. The van der Waals surface area contributed by atoms with Crippen LogP contribution >= 0.6 is 11.6 Å². The summed E-state index contributed by atoms with van der Waals surface area (Å²) >= 11 is 6.55. The standard InChI is InChI=1S/C25H23ClN6O3/c1-13(2)32-11-18(20-23(27)28-12-29-24(20)32)22(34)17-5-4-6-19(21(17)26)31-25(35)30-16-9-7-15(8-10-16)14(3)33/h4-13H,1-3H3,(H2,27,28,29)(H2,30,31,35). The van der Waals surface area contributed by atoms with Crippen LogP contribution in [0.5, 0.6) is 0 Å². The van der Waals surface area contributed by atoms with Crippen LogP contribution in [-0.4, -0.2) is 32.1 Å². The number of anilines is 3. The summed E-state index contributed by atoms with van der Waals surface area (Å²) in [6, 6.07) is 10.7. The second kappa shape index (κ2) is 9.55. The number of benzene rings is 2. The van der Waals surface area contributed by atoms with Gasteiger partial charge in [0.25, 0.3) is 0 Å². The van der Waals surface area contributed by atoms with Gasteiger partial charge in [0, 0.05) is 29.1 Å². The van der Waals surface area contributed by atoms with Crippen molar-refractivity contribution in [3.8, 4) is 0 Å². The summed E-state index contributed by atoms with van der Waals surface area (Å²) in [6.45, 7) is 5.40. The van der Waals surface area contributed by atoms with Gasteiger partial charge in [-0.2, -0.15) is 0 Å². The van der Waals surface area contributed by atoms with Gasteiger partial charge < -0.3 is 20.9 Å². The van der Waals surface area contributed by atoms with E-state index in [-0.39, 0.29) is 39.7 Å². The largest absolute Gasteiger partial charge is 0.383 e. The Morgan fingerprint density at radius 3 is 2.37 bits per heavy atom. The molecule has 35 heavy (non-hydrogen) atoms. The third-order valence-electron chi connectivity index (χ3n) is 5.48. The first kappa shape index (κ1) is 23.9. The first-order chi connectivity index (χ1) is 16.7. The van der Waals surface area contributed by atoms with Crippen LogP contribution in [0.25, 0.3) is 11.0 Å². The number of urea groups is 1. The van der Waals surface area contributed by atoms with Crippen molar-refractivity contribution < 1.29 is 14.4 Å². The van der Waals surface area contributed by atoms with Gasteiger partial charge in [-0.1, -0.05) is 17.7 Å². The second-order valence-corrected chi connectivity index (χ2v) is 8.59. The summed E-state index contributed by atoms with van der Waals surface area (Å²) in [4.78, 5) is 45.8. The van der Waals surface area contributed by atoms with Gasteiger partial charge in [0.15, 0.2) is 11.6 Å². The fraction of sp³-hybridized carbons (Fsp3) is 0.160. The summed E-state index contributed by atoms with van der Waals surface area (Å²) in [6.07, 6.45) is 3.05. The lowest BCUT2D eigenvalue weighted by atomic mass is 10.0. The minimum atomic E-state index is -0.555. The summed E-state index contributed by atoms with van der Waals surface area (Å²) in [7, 11) is 0. The Bertz CT molecular complexity index is 1460. The van der Waals surface area contributed by atoms with Crippen molar-refractivity contribution in [2.75, 3.05) is 16.4 Å². The molecule has 0 saturated heterocycles. The molecule has 4 aromatic rings. The predicted molar refractivity (Wildman–Crippen MR) is 136 cm³/mol. The first-order valence-electron chi connectivity index (χ1n) is 10.8. The minimum absolute atomic E-state index is 0.0324. The molecule has 4 rings (SSSR count). The van der Waals surface area contributed by atoms with Crippen molar-refractivity contribution in [2.24, 2.45) is 0 Å². The highest BCUT2D eigenvalue weighted by Crippen LogP contribution is 2.32. The average molecular weight is 491 g/mol. The van der Waals surface area contributed by atoms with Gasteiger partial charge in [0.2, 0.25) is 0 Å². The molecule has 0 unspecified atom stereocenters. The van der Waals surface area contributed by atoms with E-state index < -0.39 is 6.03 Å². The Morgan fingerprint density at radius 2 is 1.71 bits per heavy atom. The Morgan fingerprint density at radius 1 is 1.00 bits per heavy atom. The van der Waals surface area contributed by atoms with Crippen molar-refractivity contribution in [1.82, 2.24) is 14.5 Å². The molecule has 9 nitrogen and oxygen atoms in total. The number of aromatic nitrogens is 3. The zero-order valence-electron chi connectivity index (χ0n) is 19.3. The van der Waals surface area contributed by atoms with Gasteiger partial charge >= 0.3 is 6.03 Å². The lowest BCUT2D eigenvalue weighted by Crippen LogP contribution is -2.20. The van der Waals surface area contributed by atoms with E-state index in [2.05, 4.69) is 20.6 Å². The van der Waals surface area contributed by atoms with Gasteiger partial charge in [-0.05, 0) is 57.2 Å². The third kappa shape index (κ3) is 4.71. The number of amides is 2. The molecule has 2 aromatic carbocycles. The molecule has 2 heterocycles. The van der Waals surface area contributed by atoms with Crippen LogP contribution in [0.4, 0.5) is 22.0 Å². The number of hydrogen-bond acceptors (Lipinski definition) is 6. The first-order valence-corrected chi connectivity index (χ1v) is 11.2. The van der Waals surface area contributed by atoms with E-state index in [1.54, 1.807) is 48.7 Å². The van der Waals surface area contributed by atoms with Gasteiger partial charge in [-0.25, -0.2) is 14.8 Å². The number of nitrogen functional groups attached to an aromatic ring is 1. The van der Waals surface area contributed by atoms with Crippen LogP contribution in [0.15, 0.2) is 55.0 Å². The second-order valence-electron chi connectivity index (χ2n) is 8.21. The van der Waals surface area contributed by atoms with E-state index in [0.717, 1.165) is 0 Å². The number of halogens is 1. The normalized spacial score (nSPS) is 11.0. The molecule has 4 N–H and O–H groups in total. The van der Waals surface area contributed by atoms with E-state index in [4.69, 9.17) is 17.3 Å². The average Bonchev–Trinajstić information content (AvgIpc) is 3.22. The van der Waals surface area contributed by atoms with Gasteiger partial charge in [0.1, 0.15) is 17.8 Å². The molecule has 0 fully saturated rings. The maximum atomic E-state index is 13.5. The number of carbonyl (C=O) groups excluding carboxylic acids is 3. The summed E-state index contributed by atoms with van der Waals surface area (Å²) < 4.78 is 1.85. The molecule has 0 bridgehead atoms. The van der Waals surface area contributed by atoms with Gasteiger partial charge in [-0.15, -0.1) is 0 Å². The van der Waals surface area contributed by atoms with Crippen molar-refractivity contribution in [3.05, 3.63) is 76.7 Å². The quantitative estimate of drug-likeness (QED) is 0.313. The van der Waals surface area contributed by atoms with E-state index in [1.807, 2.05) is 18.4 Å². The smallest absolute Gasteiger partial charge is 0.323 e. The monoisotopic (exact) mass is 490 g/mol. The fourth-order valence-corrected chi connectivity index (χ4v) is 3.96. The Kier molecular flexibility index (Phi) is 6.52. The molecule has 0 aliphatic rings. The molecule has 2 aromatic heterocycles. The Hall–Kier alpha value is -4.24. The van der Waals surface area contributed by atoms with Crippen LogP contribution in [0, 0.1) is 0 Å². The molecular weight excluding hydrogens is 468 g/mol. The van der Waals surface area contributed by atoms with Crippen LogP contribution in [0.2, 0.25) is 5.02 Å². The molecule has 10 heteroatoms. The maximum Gasteiger partial charge on any atom is 0.323 e. The Balaban J connectivity index is 1.62. The summed E-state index contributed by atoms with van der Waals surface area (Å²) in [5.41, 5.74) is 8.44. The van der Waals surface area contributed by atoms with Crippen molar-refractivity contribution in [3.63, 3.8) is 0 Å². The number of Topliss-reactive ketones (excluding diaryl/α,β-unsaturated/α-hetero) is 1. The zero-order valence-corrected chi connectivity index (χ0v) is 20.1. The highest BCUT2D eigenvalue weighted by Gasteiger charge is 2.24. The zero-order chi connectivity index (χ0) is 25.3. The molecule has 2 amide bonds. The highest BCUT2D eigenvalue weighted by molar-refractivity contribution is 6.38. The lowest BCUT2D eigenvalue weighted by Gasteiger charge is -2.12. The minimum Gasteiger partial charge on any atom is -0.383 e. The summed E-state index contributed by atoms with van der Waals surface area (Å²) in [5, 5.41) is 5.86. The number of hydrogen-bond donors (Lipinski definition) is 3. The SMILES string of the molecule is CC(=O)c1ccc(NC(=O)Nc2cccc(C(=O)c3cn(C(C)C)c4ncnc(N)c34)c2Cl)cc1. The third-order valence-corrected chi connectivity index (χ3v) is 5.89. The van der Waals surface area contributed by atoms with Crippen LogP contribution in [0.3, 0.4) is 0 Å². The van der Waals surface area contributed by atoms with Crippen LogP contribution in [-0.2, 0) is 0 Å². The highest BCUT2D eigenvalue weighted by atomic mass is 35.5. The van der Waals surface area contributed by atoms with Crippen molar-refractivity contribution in [2.45, 2.75) is 26.8 Å². The van der Waals surface area contributed by atoms with Gasteiger partial charge in [0.05, 0.1) is 21.7 Å². The van der Waals surface area contributed by atoms with E-state index >= 15 is 0 Å². The number of carbonyl (C=O) groups is 3. The van der Waals surface area contributed by atoms with Crippen molar-refractivity contribution >= 4 is 57.4 Å². The molecule has 0 aliphatic heterocycles. The van der Waals surface area contributed by atoms with Gasteiger partial charge in [-0.3, -0.25) is 9.59 Å². The number of nitrogens with zero attached hydrogens (tertiary/aromatic N) is 3. The number of nitrogens with one attached hydrogen (secondary N) is 2. The number of nitrogens with two attached hydrogens (primary N) is 1. The maximum absolute atomic E-state index is 13.5. The number of ketones is 2. The topological polar surface area (TPSA) is 132 Å². The molecule has 0 saturated carbocycles. The van der Waals surface area contributed by atoms with E-state index in [1.165, 1.54) is 13.3 Å². The molecule has 0 atom stereocenters. The predicted octanol–water partition coefficient (Wildman–Crippen LogP) is 5.33. The molecule has 0 spiro atoms.